The first-order valence-corrected chi connectivity index (χ1v) is 21.0. The van der Waals surface area contributed by atoms with Gasteiger partial charge in [-0.15, -0.1) is 0 Å². The van der Waals surface area contributed by atoms with Crippen LogP contribution in [0, 0.1) is 0 Å². The number of aromatic nitrogens is 3. The molecular formula is C58H37N3O. The van der Waals surface area contributed by atoms with Crippen molar-refractivity contribution in [2.75, 3.05) is 0 Å². The van der Waals surface area contributed by atoms with Crippen molar-refractivity contribution in [3.8, 4) is 67.5 Å². The Morgan fingerprint density at radius 2 is 0.758 bits per heavy atom. The van der Waals surface area contributed by atoms with Gasteiger partial charge < -0.3 is 4.42 Å². The number of benzene rings is 9. The molecule has 9 aromatic carbocycles. The van der Waals surface area contributed by atoms with E-state index in [9.17, 15) is 0 Å². The number of rotatable bonds is 7. The SMILES string of the molecule is c1ccc(-c2ccc(-c3ccc(-c4nc(-c5cccc6c5-c5ccccc5C6(c5ccccc5)c5ccccc5)nc(-c5cccc6oc7ccccc7c56)n4)cc3)cc2)cc1. The van der Waals surface area contributed by atoms with Crippen molar-refractivity contribution in [1.82, 2.24) is 15.0 Å². The zero-order valence-corrected chi connectivity index (χ0v) is 33.6. The minimum absolute atomic E-state index is 0.556. The molecule has 4 nitrogen and oxygen atoms in total. The van der Waals surface area contributed by atoms with Crippen LogP contribution in [-0.2, 0) is 5.41 Å². The Kier molecular flexibility index (Phi) is 8.36. The van der Waals surface area contributed by atoms with Crippen LogP contribution < -0.4 is 0 Å². The molecule has 290 valence electrons. The summed E-state index contributed by atoms with van der Waals surface area (Å²) in [7, 11) is 0. The summed E-state index contributed by atoms with van der Waals surface area (Å²) in [6, 6.07) is 79.2. The number of hydrogen-bond donors (Lipinski definition) is 0. The van der Waals surface area contributed by atoms with E-state index in [0.29, 0.717) is 17.5 Å². The lowest BCUT2D eigenvalue weighted by Crippen LogP contribution is -2.28. The van der Waals surface area contributed by atoms with E-state index < -0.39 is 5.41 Å². The predicted molar refractivity (Wildman–Crippen MR) is 252 cm³/mol. The summed E-state index contributed by atoms with van der Waals surface area (Å²) < 4.78 is 6.37. The highest BCUT2D eigenvalue weighted by Gasteiger charge is 2.47. The molecule has 0 saturated heterocycles. The lowest BCUT2D eigenvalue weighted by molar-refractivity contribution is 0.669. The molecule has 2 heterocycles. The first kappa shape index (κ1) is 35.7. The summed E-state index contributed by atoms with van der Waals surface area (Å²) in [4.78, 5) is 16.1. The van der Waals surface area contributed by atoms with Crippen molar-refractivity contribution in [3.05, 3.63) is 247 Å². The van der Waals surface area contributed by atoms with Gasteiger partial charge in [0.15, 0.2) is 17.5 Å². The second-order valence-electron chi connectivity index (χ2n) is 15.9. The molecule has 1 aliphatic rings. The van der Waals surface area contributed by atoms with E-state index in [0.717, 1.165) is 55.3 Å². The number of nitrogens with zero attached hydrogens (tertiary/aromatic N) is 3. The van der Waals surface area contributed by atoms with E-state index in [1.54, 1.807) is 0 Å². The summed E-state index contributed by atoms with van der Waals surface area (Å²) >= 11 is 0. The summed E-state index contributed by atoms with van der Waals surface area (Å²) in [6.45, 7) is 0. The highest BCUT2D eigenvalue weighted by atomic mass is 16.3. The Morgan fingerprint density at radius 1 is 0.306 bits per heavy atom. The van der Waals surface area contributed by atoms with Crippen LogP contribution in [0.2, 0.25) is 0 Å². The van der Waals surface area contributed by atoms with Crippen molar-refractivity contribution in [2.24, 2.45) is 0 Å². The van der Waals surface area contributed by atoms with E-state index in [2.05, 4.69) is 188 Å². The Hall–Kier alpha value is -8.21. The maximum absolute atomic E-state index is 6.37. The molecular weight excluding hydrogens is 755 g/mol. The number of fused-ring (bicyclic) bond motifs is 6. The normalized spacial score (nSPS) is 12.6. The van der Waals surface area contributed by atoms with E-state index >= 15 is 0 Å². The Balaban J connectivity index is 1.07. The molecule has 4 heteroatoms. The van der Waals surface area contributed by atoms with Gasteiger partial charge in [0.2, 0.25) is 0 Å². The van der Waals surface area contributed by atoms with E-state index in [1.165, 1.54) is 38.9 Å². The molecule has 0 radical (unpaired) electrons. The van der Waals surface area contributed by atoms with Crippen molar-refractivity contribution in [3.63, 3.8) is 0 Å². The average molecular weight is 792 g/mol. The molecule has 62 heavy (non-hydrogen) atoms. The lowest BCUT2D eigenvalue weighted by atomic mass is 9.67. The van der Waals surface area contributed by atoms with Crippen molar-refractivity contribution in [2.45, 2.75) is 5.41 Å². The highest BCUT2D eigenvalue weighted by Crippen LogP contribution is 2.58. The molecule has 0 N–H and O–H groups in total. The van der Waals surface area contributed by atoms with Crippen LogP contribution in [0.15, 0.2) is 229 Å². The number of hydrogen-bond acceptors (Lipinski definition) is 4. The second-order valence-corrected chi connectivity index (χ2v) is 15.9. The first-order chi connectivity index (χ1) is 30.7. The standard InChI is InChI=1S/C58H37N3O/c1-4-16-38(17-5-1)39-30-32-40(33-31-39)41-34-36-42(37-35-41)55-59-56(61-57(60-55)48-25-15-29-52-54(48)46-23-11-13-28-51(46)62-52)47-24-14-27-50-53(47)45-22-10-12-26-49(45)58(50,43-18-6-2-7-19-43)44-20-8-3-9-21-44/h1-37H. The van der Waals surface area contributed by atoms with Gasteiger partial charge in [0.1, 0.15) is 11.2 Å². The van der Waals surface area contributed by atoms with Crippen LogP contribution in [0.25, 0.3) is 89.5 Å². The third kappa shape index (κ3) is 5.65. The quantitative estimate of drug-likeness (QED) is 0.161. The minimum atomic E-state index is -0.556. The van der Waals surface area contributed by atoms with Crippen LogP contribution in [0.3, 0.4) is 0 Å². The molecule has 2 aromatic heterocycles. The zero-order chi connectivity index (χ0) is 41.0. The van der Waals surface area contributed by atoms with Gasteiger partial charge in [0.25, 0.3) is 0 Å². The van der Waals surface area contributed by atoms with E-state index in [4.69, 9.17) is 19.4 Å². The molecule has 0 fully saturated rings. The van der Waals surface area contributed by atoms with Crippen molar-refractivity contribution < 1.29 is 4.42 Å². The maximum Gasteiger partial charge on any atom is 0.164 e. The Bertz CT molecular complexity index is 3390. The zero-order valence-electron chi connectivity index (χ0n) is 33.6. The summed E-state index contributed by atoms with van der Waals surface area (Å²) in [5.74, 6) is 1.80. The molecule has 0 bridgehead atoms. The van der Waals surface area contributed by atoms with E-state index in [1.807, 2.05) is 36.4 Å². The molecule has 0 unspecified atom stereocenters. The lowest BCUT2D eigenvalue weighted by Gasteiger charge is -2.33. The Labute approximate surface area is 359 Å². The summed E-state index contributed by atoms with van der Waals surface area (Å²) in [5.41, 5.74) is 15.6. The van der Waals surface area contributed by atoms with Crippen LogP contribution in [0.4, 0.5) is 0 Å². The number of furan rings is 1. The van der Waals surface area contributed by atoms with Crippen LogP contribution >= 0.6 is 0 Å². The van der Waals surface area contributed by atoms with Gasteiger partial charge in [-0.05, 0) is 67.8 Å². The van der Waals surface area contributed by atoms with Gasteiger partial charge in [0.05, 0.1) is 5.41 Å². The van der Waals surface area contributed by atoms with Gasteiger partial charge in [-0.1, -0.05) is 212 Å². The molecule has 0 spiro atoms. The van der Waals surface area contributed by atoms with Crippen LogP contribution in [0.5, 0.6) is 0 Å². The van der Waals surface area contributed by atoms with Crippen LogP contribution in [0.1, 0.15) is 22.3 Å². The minimum Gasteiger partial charge on any atom is -0.456 e. The summed E-state index contributed by atoms with van der Waals surface area (Å²) in [6.07, 6.45) is 0. The fourth-order valence-electron chi connectivity index (χ4n) is 9.68. The first-order valence-electron chi connectivity index (χ1n) is 21.0. The molecule has 12 rings (SSSR count). The second kappa shape index (κ2) is 14.5. The van der Waals surface area contributed by atoms with Crippen molar-refractivity contribution >= 4 is 21.9 Å². The van der Waals surface area contributed by atoms with Gasteiger partial charge in [-0.2, -0.15) is 0 Å². The van der Waals surface area contributed by atoms with Crippen molar-refractivity contribution in [1.29, 1.82) is 0 Å². The predicted octanol–water partition coefficient (Wildman–Crippen LogP) is 14.5. The largest absolute Gasteiger partial charge is 0.456 e. The van der Waals surface area contributed by atoms with Gasteiger partial charge >= 0.3 is 0 Å². The maximum atomic E-state index is 6.37. The molecule has 1 aliphatic carbocycles. The van der Waals surface area contributed by atoms with E-state index in [-0.39, 0.29) is 0 Å². The molecule has 11 aromatic rings. The molecule has 0 atom stereocenters. The fourth-order valence-corrected chi connectivity index (χ4v) is 9.68. The fraction of sp³-hybridized carbons (Fsp3) is 0.0172. The molecule has 0 aliphatic heterocycles. The third-order valence-electron chi connectivity index (χ3n) is 12.5. The van der Waals surface area contributed by atoms with Gasteiger partial charge in [-0.25, -0.2) is 15.0 Å². The number of para-hydroxylation sites is 1. The van der Waals surface area contributed by atoms with Gasteiger partial charge in [-0.3, -0.25) is 0 Å². The topological polar surface area (TPSA) is 51.8 Å². The molecule has 0 saturated carbocycles. The molecule has 0 amide bonds. The highest BCUT2D eigenvalue weighted by molar-refractivity contribution is 6.11. The van der Waals surface area contributed by atoms with Gasteiger partial charge in [0, 0.05) is 27.5 Å². The average Bonchev–Trinajstić information content (AvgIpc) is 3.89. The smallest absolute Gasteiger partial charge is 0.164 e. The van der Waals surface area contributed by atoms with Crippen LogP contribution in [-0.4, -0.2) is 15.0 Å². The monoisotopic (exact) mass is 791 g/mol. The Morgan fingerprint density at radius 3 is 1.44 bits per heavy atom. The summed E-state index contributed by atoms with van der Waals surface area (Å²) in [5, 5.41) is 2.01. The third-order valence-corrected chi connectivity index (χ3v) is 12.5.